The predicted octanol–water partition coefficient (Wildman–Crippen LogP) is 4.76. The second-order valence-corrected chi connectivity index (χ2v) is 4.99. The summed E-state index contributed by atoms with van der Waals surface area (Å²) in [7, 11) is 0. The number of rotatable bonds is 4. The Morgan fingerprint density at radius 3 is 2.18 bits per heavy atom. The molecule has 2 aromatic carbocycles. The van der Waals surface area contributed by atoms with Gasteiger partial charge in [-0.25, -0.2) is 14.4 Å². The van der Waals surface area contributed by atoms with E-state index < -0.39 is 0 Å². The van der Waals surface area contributed by atoms with Gasteiger partial charge in [-0.15, -0.1) is 0 Å². The highest BCUT2D eigenvalue weighted by Crippen LogP contribution is 2.21. The van der Waals surface area contributed by atoms with Gasteiger partial charge < -0.3 is 10.6 Å². The molecule has 1 heterocycles. The number of hydrogen-bond donors (Lipinski definition) is 2. The lowest BCUT2D eigenvalue weighted by molar-refractivity contribution is 0.628. The number of benzene rings is 2. The molecule has 0 aliphatic heterocycles. The Morgan fingerprint density at radius 2 is 1.50 bits per heavy atom. The molecular weight excluding hydrogens is 303 g/mol. The molecule has 0 aliphatic rings. The largest absolute Gasteiger partial charge is 0.340 e. The van der Waals surface area contributed by atoms with Crippen molar-refractivity contribution < 1.29 is 4.39 Å². The van der Waals surface area contributed by atoms with Crippen LogP contribution in [-0.2, 0) is 0 Å². The first-order valence-corrected chi connectivity index (χ1v) is 6.94. The van der Waals surface area contributed by atoms with Gasteiger partial charge in [0.25, 0.3) is 0 Å². The van der Waals surface area contributed by atoms with Crippen LogP contribution in [-0.4, -0.2) is 9.97 Å². The molecule has 0 saturated carbocycles. The van der Waals surface area contributed by atoms with Crippen LogP contribution in [0.3, 0.4) is 0 Å². The van der Waals surface area contributed by atoms with Gasteiger partial charge in [0, 0.05) is 22.5 Å². The van der Waals surface area contributed by atoms with Crippen LogP contribution in [0.2, 0.25) is 5.02 Å². The van der Waals surface area contributed by atoms with E-state index in [4.69, 9.17) is 11.6 Å². The van der Waals surface area contributed by atoms with Gasteiger partial charge in [0.05, 0.1) is 0 Å². The summed E-state index contributed by atoms with van der Waals surface area (Å²) >= 11 is 5.95. The first-order valence-electron chi connectivity index (χ1n) is 6.56. The highest BCUT2D eigenvalue weighted by Gasteiger charge is 2.01. The number of hydrogen-bond acceptors (Lipinski definition) is 4. The minimum Gasteiger partial charge on any atom is -0.340 e. The van der Waals surface area contributed by atoms with Crippen LogP contribution in [0.4, 0.5) is 27.4 Å². The van der Waals surface area contributed by atoms with Crippen LogP contribution < -0.4 is 10.6 Å². The van der Waals surface area contributed by atoms with Crippen LogP contribution in [0.25, 0.3) is 0 Å². The van der Waals surface area contributed by atoms with E-state index in [2.05, 4.69) is 20.6 Å². The van der Waals surface area contributed by atoms with Crippen molar-refractivity contribution in [1.82, 2.24) is 9.97 Å². The van der Waals surface area contributed by atoms with Crippen molar-refractivity contribution in [2.24, 2.45) is 0 Å². The molecule has 6 heteroatoms. The van der Waals surface area contributed by atoms with Gasteiger partial charge in [-0.05, 0) is 42.5 Å². The Bertz CT molecular complexity index is 777. The number of nitrogens with one attached hydrogen (secondary N) is 2. The van der Waals surface area contributed by atoms with E-state index in [0.717, 1.165) is 11.4 Å². The van der Waals surface area contributed by atoms with Crippen LogP contribution in [0.5, 0.6) is 0 Å². The van der Waals surface area contributed by atoms with Gasteiger partial charge in [-0.2, -0.15) is 0 Å². The van der Waals surface area contributed by atoms with Crippen LogP contribution in [0, 0.1) is 5.82 Å². The summed E-state index contributed by atoms with van der Waals surface area (Å²) in [5, 5.41) is 6.87. The highest BCUT2D eigenvalue weighted by atomic mass is 35.5. The SMILES string of the molecule is Fc1ccc(Nc2cc(Nc3cccc(Cl)c3)ncn2)cc1. The third kappa shape index (κ3) is 3.71. The van der Waals surface area contributed by atoms with E-state index in [1.807, 2.05) is 12.1 Å². The third-order valence-electron chi connectivity index (χ3n) is 2.88. The standard InChI is InChI=1S/C16H12ClFN4/c17-11-2-1-3-14(8-11)22-16-9-15(19-10-20-16)21-13-6-4-12(18)5-7-13/h1-10H,(H2,19,20,21,22). The van der Waals surface area contributed by atoms with Crippen LogP contribution in [0.15, 0.2) is 60.9 Å². The normalized spacial score (nSPS) is 10.3. The maximum atomic E-state index is 12.9. The lowest BCUT2D eigenvalue weighted by Crippen LogP contribution is -1.98. The second-order valence-electron chi connectivity index (χ2n) is 4.56. The molecule has 3 rings (SSSR count). The Balaban J connectivity index is 1.76. The molecule has 110 valence electrons. The Kier molecular flexibility index (Phi) is 4.16. The van der Waals surface area contributed by atoms with Crippen molar-refractivity contribution >= 4 is 34.6 Å². The van der Waals surface area contributed by atoms with E-state index >= 15 is 0 Å². The van der Waals surface area contributed by atoms with E-state index in [0.29, 0.717) is 16.7 Å². The fourth-order valence-corrected chi connectivity index (χ4v) is 2.08. The van der Waals surface area contributed by atoms with Crippen molar-refractivity contribution in [3.8, 4) is 0 Å². The van der Waals surface area contributed by atoms with Gasteiger partial charge in [-0.3, -0.25) is 0 Å². The number of nitrogens with zero attached hydrogens (tertiary/aromatic N) is 2. The minimum atomic E-state index is -0.281. The molecule has 0 atom stereocenters. The maximum Gasteiger partial charge on any atom is 0.135 e. The van der Waals surface area contributed by atoms with Crippen molar-refractivity contribution in [2.75, 3.05) is 10.6 Å². The number of anilines is 4. The maximum absolute atomic E-state index is 12.9. The molecule has 0 aliphatic carbocycles. The van der Waals surface area contributed by atoms with Crippen molar-refractivity contribution in [1.29, 1.82) is 0 Å². The molecule has 0 bridgehead atoms. The van der Waals surface area contributed by atoms with Gasteiger partial charge >= 0.3 is 0 Å². The fourth-order valence-electron chi connectivity index (χ4n) is 1.89. The minimum absolute atomic E-state index is 0.281. The second kappa shape index (κ2) is 6.41. The van der Waals surface area contributed by atoms with E-state index in [1.54, 1.807) is 30.3 Å². The first-order chi connectivity index (χ1) is 10.7. The summed E-state index contributed by atoms with van der Waals surface area (Å²) in [5.74, 6) is 0.949. The Hall–Kier alpha value is -2.66. The van der Waals surface area contributed by atoms with Gasteiger partial charge in [0.2, 0.25) is 0 Å². The average molecular weight is 315 g/mol. The molecular formula is C16H12ClFN4. The van der Waals surface area contributed by atoms with Gasteiger partial charge in [0.1, 0.15) is 23.8 Å². The van der Waals surface area contributed by atoms with Crippen LogP contribution in [0.1, 0.15) is 0 Å². The summed E-state index contributed by atoms with van der Waals surface area (Å²) < 4.78 is 12.9. The number of halogens is 2. The molecule has 22 heavy (non-hydrogen) atoms. The molecule has 0 unspecified atom stereocenters. The lowest BCUT2D eigenvalue weighted by Gasteiger charge is -2.09. The molecule has 0 amide bonds. The quantitative estimate of drug-likeness (QED) is 0.729. The zero-order valence-electron chi connectivity index (χ0n) is 11.4. The highest BCUT2D eigenvalue weighted by molar-refractivity contribution is 6.30. The predicted molar refractivity (Wildman–Crippen MR) is 86.4 cm³/mol. The summed E-state index contributed by atoms with van der Waals surface area (Å²) in [5.41, 5.74) is 1.58. The van der Waals surface area contributed by atoms with Gasteiger partial charge in [0.15, 0.2) is 0 Å². The average Bonchev–Trinajstić information content (AvgIpc) is 2.50. The van der Waals surface area contributed by atoms with Gasteiger partial charge in [-0.1, -0.05) is 17.7 Å². The molecule has 0 radical (unpaired) electrons. The first kappa shape index (κ1) is 14.3. The number of aromatic nitrogens is 2. The van der Waals surface area contributed by atoms with E-state index in [9.17, 15) is 4.39 Å². The zero-order valence-corrected chi connectivity index (χ0v) is 12.2. The third-order valence-corrected chi connectivity index (χ3v) is 3.12. The lowest BCUT2D eigenvalue weighted by atomic mass is 10.3. The molecule has 0 fully saturated rings. The summed E-state index contributed by atoms with van der Waals surface area (Å²) in [4.78, 5) is 8.29. The summed E-state index contributed by atoms with van der Waals surface area (Å²) in [6.07, 6.45) is 1.44. The van der Waals surface area contributed by atoms with Crippen molar-refractivity contribution in [3.63, 3.8) is 0 Å². The smallest absolute Gasteiger partial charge is 0.135 e. The van der Waals surface area contributed by atoms with Crippen molar-refractivity contribution in [3.05, 3.63) is 71.8 Å². The zero-order chi connectivity index (χ0) is 15.4. The van der Waals surface area contributed by atoms with E-state index in [-0.39, 0.29) is 5.82 Å². The van der Waals surface area contributed by atoms with E-state index in [1.165, 1.54) is 18.5 Å². The Labute approximate surface area is 132 Å². The molecule has 0 spiro atoms. The molecule has 0 saturated heterocycles. The fraction of sp³-hybridized carbons (Fsp3) is 0. The Morgan fingerprint density at radius 1 is 0.818 bits per heavy atom. The van der Waals surface area contributed by atoms with Crippen LogP contribution >= 0.6 is 11.6 Å². The summed E-state index contributed by atoms with van der Waals surface area (Å²) in [6, 6.07) is 15.1. The molecule has 3 aromatic rings. The molecule has 2 N–H and O–H groups in total. The monoisotopic (exact) mass is 314 g/mol. The van der Waals surface area contributed by atoms with Crippen molar-refractivity contribution in [2.45, 2.75) is 0 Å². The molecule has 1 aromatic heterocycles. The molecule has 4 nitrogen and oxygen atoms in total. The summed E-state index contributed by atoms with van der Waals surface area (Å²) in [6.45, 7) is 0. The topological polar surface area (TPSA) is 49.8 Å².